The van der Waals surface area contributed by atoms with E-state index in [1.54, 1.807) is 24.5 Å². The van der Waals surface area contributed by atoms with Gasteiger partial charge in [0.25, 0.3) is 5.91 Å². The summed E-state index contributed by atoms with van der Waals surface area (Å²) in [6.45, 7) is 0.444. The van der Waals surface area contributed by atoms with E-state index in [1.165, 1.54) is 12.8 Å². The zero-order valence-electron chi connectivity index (χ0n) is 9.88. The second-order valence-corrected chi connectivity index (χ2v) is 4.40. The van der Waals surface area contributed by atoms with Gasteiger partial charge in [0.1, 0.15) is 0 Å². The Balaban J connectivity index is 2.12. The molecule has 0 atom stereocenters. The molecule has 1 fully saturated rings. The Morgan fingerprint density at radius 1 is 1.35 bits per heavy atom. The molecule has 4 heteroatoms. The van der Waals surface area contributed by atoms with Crippen LogP contribution in [0.5, 0.6) is 0 Å². The molecule has 1 N–H and O–H groups in total. The van der Waals surface area contributed by atoms with Crippen LogP contribution in [0.2, 0.25) is 0 Å². The van der Waals surface area contributed by atoms with Gasteiger partial charge in [-0.25, -0.2) is 0 Å². The molecule has 0 radical (unpaired) electrons. The third-order valence-electron chi connectivity index (χ3n) is 3.29. The van der Waals surface area contributed by atoms with Crippen LogP contribution < -0.4 is 0 Å². The SMILES string of the molecule is O=C(c1ccncc1)N(CCO)C1CCCC1. The van der Waals surface area contributed by atoms with E-state index in [0.717, 1.165) is 12.8 Å². The Bertz CT molecular complexity index is 361. The molecule has 0 aliphatic heterocycles. The summed E-state index contributed by atoms with van der Waals surface area (Å²) < 4.78 is 0. The van der Waals surface area contributed by atoms with Crippen molar-refractivity contribution >= 4 is 5.91 Å². The number of carbonyl (C=O) groups excluding carboxylic acids is 1. The molecule has 1 aromatic heterocycles. The summed E-state index contributed by atoms with van der Waals surface area (Å²) in [5, 5.41) is 9.09. The molecule has 1 saturated carbocycles. The van der Waals surface area contributed by atoms with E-state index in [2.05, 4.69) is 4.98 Å². The van der Waals surface area contributed by atoms with Crippen molar-refractivity contribution in [3.8, 4) is 0 Å². The van der Waals surface area contributed by atoms with E-state index in [-0.39, 0.29) is 12.5 Å². The van der Waals surface area contributed by atoms with Gasteiger partial charge in [-0.05, 0) is 25.0 Å². The molecule has 1 aliphatic rings. The largest absolute Gasteiger partial charge is 0.395 e. The number of carbonyl (C=O) groups is 1. The normalized spacial score (nSPS) is 16.1. The van der Waals surface area contributed by atoms with Gasteiger partial charge in [-0.1, -0.05) is 12.8 Å². The standard InChI is InChI=1S/C13H18N2O2/c16-10-9-15(12-3-1-2-4-12)13(17)11-5-7-14-8-6-11/h5-8,12,16H,1-4,9-10H2. The van der Waals surface area contributed by atoms with Gasteiger partial charge < -0.3 is 10.0 Å². The van der Waals surface area contributed by atoms with Crippen LogP contribution in [0.4, 0.5) is 0 Å². The quantitative estimate of drug-likeness (QED) is 0.858. The third-order valence-corrected chi connectivity index (χ3v) is 3.29. The van der Waals surface area contributed by atoms with Gasteiger partial charge in [-0.3, -0.25) is 9.78 Å². The average molecular weight is 234 g/mol. The molecule has 1 amide bonds. The van der Waals surface area contributed by atoms with E-state index < -0.39 is 0 Å². The summed E-state index contributed by atoms with van der Waals surface area (Å²) in [4.78, 5) is 18.0. The lowest BCUT2D eigenvalue weighted by molar-refractivity contribution is 0.0638. The zero-order valence-corrected chi connectivity index (χ0v) is 9.88. The fourth-order valence-corrected chi connectivity index (χ4v) is 2.43. The zero-order chi connectivity index (χ0) is 12.1. The number of hydrogen-bond acceptors (Lipinski definition) is 3. The maximum Gasteiger partial charge on any atom is 0.254 e. The lowest BCUT2D eigenvalue weighted by atomic mass is 10.1. The summed E-state index contributed by atoms with van der Waals surface area (Å²) in [5.41, 5.74) is 0.653. The molecule has 17 heavy (non-hydrogen) atoms. The molecule has 0 spiro atoms. The van der Waals surface area contributed by atoms with Crippen LogP contribution in [0.25, 0.3) is 0 Å². The second-order valence-electron chi connectivity index (χ2n) is 4.40. The fraction of sp³-hybridized carbons (Fsp3) is 0.538. The Morgan fingerprint density at radius 3 is 2.59 bits per heavy atom. The predicted octanol–water partition coefficient (Wildman–Crippen LogP) is 1.46. The Labute approximate surface area is 101 Å². The highest BCUT2D eigenvalue weighted by Crippen LogP contribution is 2.24. The monoisotopic (exact) mass is 234 g/mol. The topological polar surface area (TPSA) is 53.4 Å². The molecular formula is C13H18N2O2. The van der Waals surface area contributed by atoms with Crippen molar-refractivity contribution in [1.82, 2.24) is 9.88 Å². The van der Waals surface area contributed by atoms with E-state index in [0.29, 0.717) is 18.2 Å². The minimum Gasteiger partial charge on any atom is -0.395 e. The van der Waals surface area contributed by atoms with Crippen LogP contribution in [0.1, 0.15) is 36.0 Å². The summed E-state index contributed by atoms with van der Waals surface area (Å²) in [6.07, 6.45) is 7.71. The van der Waals surface area contributed by atoms with Crippen molar-refractivity contribution in [3.63, 3.8) is 0 Å². The maximum absolute atomic E-state index is 12.3. The molecule has 0 saturated heterocycles. The van der Waals surface area contributed by atoms with E-state index in [9.17, 15) is 4.79 Å². The lowest BCUT2D eigenvalue weighted by Gasteiger charge is -2.28. The van der Waals surface area contributed by atoms with Gasteiger partial charge in [0.05, 0.1) is 6.61 Å². The minimum atomic E-state index is 0.00773. The molecule has 92 valence electrons. The molecule has 0 bridgehead atoms. The van der Waals surface area contributed by atoms with Crippen LogP contribution in [0.3, 0.4) is 0 Å². The molecule has 2 rings (SSSR count). The van der Waals surface area contributed by atoms with Gasteiger partial charge in [0.2, 0.25) is 0 Å². The Hall–Kier alpha value is -1.42. The van der Waals surface area contributed by atoms with Gasteiger partial charge in [0.15, 0.2) is 0 Å². The van der Waals surface area contributed by atoms with Crippen molar-refractivity contribution in [2.24, 2.45) is 0 Å². The van der Waals surface area contributed by atoms with Crippen LogP contribution in [-0.2, 0) is 0 Å². The summed E-state index contributed by atoms with van der Waals surface area (Å²) in [7, 11) is 0. The average Bonchev–Trinajstić information content (AvgIpc) is 2.90. The first kappa shape index (κ1) is 12.0. The summed E-state index contributed by atoms with van der Waals surface area (Å²) >= 11 is 0. The molecular weight excluding hydrogens is 216 g/mol. The predicted molar refractivity (Wildman–Crippen MR) is 64.6 cm³/mol. The molecule has 1 aliphatic carbocycles. The first-order valence-electron chi connectivity index (χ1n) is 6.15. The lowest BCUT2D eigenvalue weighted by Crippen LogP contribution is -2.40. The van der Waals surface area contributed by atoms with Crippen LogP contribution in [0.15, 0.2) is 24.5 Å². The minimum absolute atomic E-state index is 0.00773. The first-order chi connectivity index (χ1) is 8.33. The number of rotatable bonds is 4. The number of aromatic nitrogens is 1. The third kappa shape index (κ3) is 2.82. The number of pyridine rings is 1. The van der Waals surface area contributed by atoms with Gasteiger partial charge in [-0.2, -0.15) is 0 Å². The van der Waals surface area contributed by atoms with E-state index in [4.69, 9.17) is 5.11 Å². The second kappa shape index (κ2) is 5.77. The van der Waals surface area contributed by atoms with E-state index in [1.807, 2.05) is 4.90 Å². The number of aliphatic hydroxyl groups is 1. The highest BCUT2D eigenvalue weighted by atomic mass is 16.3. The number of amides is 1. The molecule has 4 nitrogen and oxygen atoms in total. The highest BCUT2D eigenvalue weighted by molar-refractivity contribution is 5.94. The van der Waals surface area contributed by atoms with Crippen molar-refractivity contribution in [2.45, 2.75) is 31.7 Å². The van der Waals surface area contributed by atoms with Crippen LogP contribution in [-0.4, -0.2) is 40.1 Å². The number of hydrogen-bond donors (Lipinski definition) is 1. The number of aliphatic hydroxyl groups excluding tert-OH is 1. The molecule has 1 heterocycles. The van der Waals surface area contributed by atoms with E-state index >= 15 is 0 Å². The van der Waals surface area contributed by atoms with Crippen LogP contribution >= 0.6 is 0 Å². The fourth-order valence-electron chi connectivity index (χ4n) is 2.43. The summed E-state index contributed by atoms with van der Waals surface area (Å²) in [6, 6.07) is 3.74. The molecule has 1 aromatic rings. The number of nitrogens with zero attached hydrogens (tertiary/aromatic N) is 2. The molecule has 0 unspecified atom stereocenters. The maximum atomic E-state index is 12.3. The van der Waals surface area contributed by atoms with Gasteiger partial charge >= 0.3 is 0 Å². The van der Waals surface area contributed by atoms with Crippen molar-refractivity contribution in [2.75, 3.05) is 13.2 Å². The van der Waals surface area contributed by atoms with Crippen LogP contribution in [0, 0.1) is 0 Å². The Morgan fingerprint density at radius 2 is 2.00 bits per heavy atom. The first-order valence-corrected chi connectivity index (χ1v) is 6.15. The molecule has 0 aromatic carbocycles. The van der Waals surface area contributed by atoms with Gasteiger partial charge in [-0.15, -0.1) is 0 Å². The highest BCUT2D eigenvalue weighted by Gasteiger charge is 2.26. The van der Waals surface area contributed by atoms with Crippen molar-refractivity contribution < 1.29 is 9.90 Å². The van der Waals surface area contributed by atoms with Crippen molar-refractivity contribution in [3.05, 3.63) is 30.1 Å². The van der Waals surface area contributed by atoms with Gasteiger partial charge in [0, 0.05) is 30.5 Å². The summed E-state index contributed by atoms with van der Waals surface area (Å²) in [5.74, 6) is 0.00773. The Kier molecular flexibility index (Phi) is 4.09. The smallest absolute Gasteiger partial charge is 0.254 e. The van der Waals surface area contributed by atoms with Crippen molar-refractivity contribution in [1.29, 1.82) is 0 Å².